The summed E-state index contributed by atoms with van der Waals surface area (Å²) in [6, 6.07) is 0. The highest BCUT2D eigenvalue weighted by atomic mass is 32.2. The van der Waals surface area contributed by atoms with Gasteiger partial charge in [-0.3, -0.25) is 8.99 Å². The van der Waals surface area contributed by atoms with Crippen molar-refractivity contribution < 1.29 is 34.8 Å². The number of aromatic nitrogens is 5. The number of hydrogen-bond acceptors (Lipinski definition) is 8. The third-order valence-electron chi connectivity index (χ3n) is 3.23. The van der Waals surface area contributed by atoms with Crippen LogP contribution in [0.25, 0.3) is 10.8 Å². The van der Waals surface area contributed by atoms with Gasteiger partial charge >= 0.3 is 22.0 Å². The maximum Gasteiger partial charge on any atom is 0.516 e. The lowest BCUT2D eigenvalue weighted by atomic mass is 10.5. The Balaban J connectivity index is 1.93. The molecule has 152 valence electrons. The second kappa shape index (κ2) is 7.08. The smallest absolute Gasteiger partial charge is 0.414 e. The Kier molecular flexibility index (Phi) is 5.09. The number of alkyl halides is 5. The van der Waals surface area contributed by atoms with E-state index >= 15 is 0 Å². The van der Waals surface area contributed by atoms with Gasteiger partial charge in [-0.25, -0.2) is 4.98 Å². The number of anilines is 1. The minimum absolute atomic E-state index is 0.0662. The lowest BCUT2D eigenvalue weighted by Crippen LogP contribution is -2.40. The van der Waals surface area contributed by atoms with Crippen LogP contribution in [-0.2, 0) is 23.6 Å². The molecule has 28 heavy (non-hydrogen) atoms. The van der Waals surface area contributed by atoms with Crippen molar-refractivity contribution in [3.05, 3.63) is 29.5 Å². The highest BCUT2D eigenvalue weighted by Gasteiger charge is 2.50. The van der Waals surface area contributed by atoms with E-state index in [1.807, 2.05) is 0 Å². The van der Waals surface area contributed by atoms with Gasteiger partial charge in [0.05, 0.1) is 24.6 Å². The summed E-state index contributed by atoms with van der Waals surface area (Å²) in [5, 5.41) is 10.1. The van der Waals surface area contributed by atoms with Crippen LogP contribution in [0.4, 0.5) is 27.6 Å². The molecule has 0 bridgehead atoms. The van der Waals surface area contributed by atoms with Crippen LogP contribution in [0.5, 0.6) is 0 Å². The van der Waals surface area contributed by atoms with E-state index in [2.05, 4.69) is 20.3 Å². The van der Waals surface area contributed by atoms with Crippen LogP contribution in [0.15, 0.2) is 23.0 Å². The van der Waals surface area contributed by atoms with E-state index in [1.54, 1.807) is 0 Å². The molecule has 3 aromatic heterocycles. The molecule has 0 atom stereocenters. The molecule has 0 aliphatic rings. The number of nitrogens with zero attached hydrogens (tertiary/aromatic N) is 6. The van der Waals surface area contributed by atoms with Gasteiger partial charge in [-0.2, -0.15) is 35.5 Å². The fourth-order valence-corrected chi connectivity index (χ4v) is 3.83. The van der Waals surface area contributed by atoms with Crippen LogP contribution in [-0.4, -0.2) is 38.9 Å². The average Bonchev–Trinajstić information content (AvgIpc) is 3.31. The fraction of sp³-hybridized carbons (Fsp3) is 0.333. The Morgan fingerprint density at radius 1 is 1.29 bits per heavy atom. The van der Waals surface area contributed by atoms with Crippen LogP contribution in [0.2, 0.25) is 0 Å². The average molecular weight is 444 g/mol. The van der Waals surface area contributed by atoms with Crippen LogP contribution in [0.1, 0.15) is 17.3 Å². The minimum Gasteiger partial charge on any atom is -0.414 e. The highest BCUT2D eigenvalue weighted by Crippen LogP contribution is 2.34. The standard InChI is InChI=1S/C12H9F5N6O3S2/c1-22-4-6(2-19-22)23(28(24,25)12(15,16)17)5-8-18-3-7(27-8)10-20-21-11(26-10)9(13)14/h2-4,9H,5H2,1H3. The molecule has 9 nitrogen and oxygen atoms in total. The second-order valence-corrected chi connectivity index (χ2v) is 8.16. The largest absolute Gasteiger partial charge is 0.516 e. The van der Waals surface area contributed by atoms with Crippen LogP contribution in [0, 0.1) is 0 Å². The van der Waals surface area contributed by atoms with Gasteiger partial charge in [0, 0.05) is 13.2 Å². The van der Waals surface area contributed by atoms with Crippen molar-refractivity contribution in [2.45, 2.75) is 18.5 Å². The molecule has 0 aromatic carbocycles. The summed E-state index contributed by atoms with van der Waals surface area (Å²) in [5.41, 5.74) is -5.88. The first-order valence-corrected chi connectivity index (χ1v) is 9.39. The zero-order chi connectivity index (χ0) is 20.7. The molecule has 3 heterocycles. The Labute approximate surface area is 157 Å². The van der Waals surface area contributed by atoms with E-state index in [0.29, 0.717) is 11.3 Å². The zero-order valence-corrected chi connectivity index (χ0v) is 15.3. The van der Waals surface area contributed by atoms with Crippen molar-refractivity contribution in [2.75, 3.05) is 4.31 Å². The first-order chi connectivity index (χ1) is 13.0. The lowest BCUT2D eigenvalue weighted by Gasteiger charge is -2.22. The van der Waals surface area contributed by atoms with Crippen LogP contribution < -0.4 is 4.31 Å². The van der Waals surface area contributed by atoms with Crippen molar-refractivity contribution in [1.29, 1.82) is 0 Å². The van der Waals surface area contributed by atoms with Gasteiger partial charge in [0.1, 0.15) is 9.88 Å². The minimum atomic E-state index is -5.74. The number of aryl methyl sites for hydroxylation is 1. The third kappa shape index (κ3) is 3.82. The molecule has 0 aliphatic carbocycles. The van der Waals surface area contributed by atoms with Crippen molar-refractivity contribution >= 4 is 27.0 Å². The Morgan fingerprint density at radius 2 is 2.00 bits per heavy atom. The van der Waals surface area contributed by atoms with E-state index < -0.39 is 34.4 Å². The van der Waals surface area contributed by atoms with Crippen molar-refractivity contribution in [3.63, 3.8) is 0 Å². The second-order valence-electron chi connectivity index (χ2n) is 5.19. The fourth-order valence-electron chi connectivity index (χ4n) is 2.00. The molecule has 16 heteroatoms. The van der Waals surface area contributed by atoms with Gasteiger partial charge in [0.25, 0.3) is 11.8 Å². The van der Waals surface area contributed by atoms with Crippen molar-refractivity contribution in [1.82, 2.24) is 25.0 Å². The molecule has 3 rings (SSSR count). The van der Waals surface area contributed by atoms with E-state index in [0.717, 1.165) is 23.3 Å². The van der Waals surface area contributed by atoms with E-state index in [9.17, 15) is 30.4 Å². The summed E-state index contributed by atoms with van der Waals surface area (Å²) in [5.74, 6) is -1.24. The number of thiazole rings is 1. The molecule has 0 N–H and O–H groups in total. The predicted molar refractivity (Wildman–Crippen MR) is 84.7 cm³/mol. The normalized spacial score (nSPS) is 12.7. The molecule has 3 aromatic rings. The van der Waals surface area contributed by atoms with Crippen LogP contribution >= 0.6 is 11.3 Å². The van der Waals surface area contributed by atoms with Gasteiger partial charge in [0.2, 0.25) is 0 Å². The molecule has 0 spiro atoms. The van der Waals surface area contributed by atoms with E-state index in [1.165, 1.54) is 7.05 Å². The maximum absolute atomic E-state index is 13.0. The number of sulfonamides is 1. The van der Waals surface area contributed by atoms with Gasteiger partial charge in [-0.15, -0.1) is 21.5 Å². The number of halogens is 5. The first-order valence-electron chi connectivity index (χ1n) is 7.13. The third-order valence-corrected chi connectivity index (χ3v) is 5.71. The molecule has 0 aliphatic heterocycles. The van der Waals surface area contributed by atoms with Crippen molar-refractivity contribution in [2.24, 2.45) is 7.05 Å². The summed E-state index contributed by atoms with van der Waals surface area (Å²) >= 11 is 0.715. The van der Waals surface area contributed by atoms with Gasteiger partial charge < -0.3 is 4.42 Å². The zero-order valence-electron chi connectivity index (χ0n) is 13.6. The molecule has 0 saturated heterocycles. The molecular weight excluding hydrogens is 435 g/mol. The van der Waals surface area contributed by atoms with Gasteiger partial charge in [-0.05, 0) is 0 Å². The molecule has 0 amide bonds. The predicted octanol–water partition coefficient (Wildman–Crippen LogP) is 2.72. The molecule has 0 saturated carbocycles. The Morgan fingerprint density at radius 3 is 2.54 bits per heavy atom. The molecule has 0 unspecified atom stereocenters. The first kappa shape index (κ1) is 20.1. The monoisotopic (exact) mass is 444 g/mol. The van der Waals surface area contributed by atoms with Gasteiger partial charge in [-0.1, -0.05) is 0 Å². The van der Waals surface area contributed by atoms with Crippen molar-refractivity contribution in [3.8, 4) is 10.8 Å². The van der Waals surface area contributed by atoms with Gasteiger partial charge in [0.15, 0.2) is 0 Å². The quantitative estimate of drug-likeness (QED) is 0.538. The SMILES string of the molecule is Cn1cc(N(Cc2ncc(-c3nnc(C(F)F)o3)s2)S(=O)(=O)C(F)(F)F)cn1. The maximum atomic E-state index is 13.0. The summed E-state index contributed by atoms with van der Waals surface area (Å²) in [6.45, 7) is -0.770. The number of hydrogen-bond donors (Lipinski definition) is 0. The van der Waals surface area contributed by atoms with Crippen LogP contribution in [0.3, 0.4) is 0 Å². The topological polar surface area (TPSA) is 107 Å². The number of rotatable bonds is 6. The summed E-state index contributed by atoms with van der Waals surface area (Å²) in [6.07, 6.45) is 0.145. The Bertz CT molecular complexity index is 1070. The van der Waals surface area contributed by atoms with E-state index in [-0.39, 0.29) is 25.8 Å². The summed E-state index contributed by atoms with van der Waals surface area (Å²) in [7, 11) is -4.34. The summed E-state index contributed by atoms with van der Waals surface area (Å²) in [4.78, 5) is 3.90. The molecule has 0 fully saturated rings. The summed E-state index contributed by atoms with van der Waals surface area (Å²) < 4.78 is 94.0. The highest BCUT2D eigenvalue weighted by molar-refractivity contribution is 7.93. The van der Waals surface area contributed by atoms with E-state index in [4.69, 9.17) is 4.42 Å². The molecular formula is C12H9F5N6O3S2. The molecule has 0 radical (unpaired) electrons. The Hall–Kier alpha value is -2.62. The lowest BCUT2D eigenvalue weighted by molar-refractivity contribution is -0.0438.